The van der Waals surface area contributed by atoms with Crippen LogP contribution in [0.4, 0.5) is 0 Å². The van der Waals surface area contributed by atoms with Crippen molar-refractivity contribution in [2.75, 3.05) is 0 Å². The Bertz CT molecular complexity index is 664. The Morgan fingerprint density at radius 3 is 1.61 bits per heavy atom. The smallest absolute Gasteiger partial charge is 0.0119 e. The van der Waals surface area contributed by atoms with Gasteiger partial charge >= 0.3 is 0 Å². The third-order valence-electron chi connectivity index (χ3n) is 6.72. The first-order valence-corrected chi connectivity index (χ1v) is 9.23. The Hall–Kier alpha value is -1.82. The molecule has 23 heavy (non-hydrogen) atoms. The second-order valence-electron chi connectivity index (χ2n) is 7.78. The van der Waals surface area contributed by atoms with Gasteiger partial charge in [0.2, 0.25) is 0 Å². The van der Waals surface area contributed by atoms with E-state index in [-0.39, 0.29) is 0 Å². The van der Waals surface area contributed by atoms with Gasteiger partial charge in [-0.3, -0.25) is 0 Å². The van der Waals surface area contributed by atoms with Gasteiger partial charge < -0.3 is 0 Å². The van der Waals surface area contributed by atoms with E-state index >= 15 is 0 Å². The Morgan fingerprint density at radius 2 is 1.13 bits per heavy atom. The van der Waals surface area contributed by atoms with Crippen molar-refractivity contribution in [1.82, 2.24) is 0 Å². The van der Waals surface area contributed by atoms with Gasteiger partial charge in [0.05, 0.1) is 0 Å². The van der Waals surface area contributed by atoms with E-state index in [9.17, 15) is 0 Å². The maximum Gasteiger partial charge on any atom is -0.0119 e. The van der Waals surface area contributed by atoms with Crippen molar-refractivity contribution in [2.24, 2.45) is 23.7 Å². The summed E-state index contributed by atoms with van der Waals surface area (Å²) < 4.78 is 0. The van der Waals surface area contributed by atoms with Gasteiger partial charge in [-0.1, -0.05) is 66.2 Å². The molecule has 2 aromatic carbocycles. The molecule has 0 saturated heterocycles. The summed E-state index contributed by atoms with van der Waals surface area (Å²) in [6.45, 7) is 0. The third kappa shape index (κ3) is 2.19. The van der Waals surface area contributed by atoms with Crippen molar-refractivity contribution in [1.29, 1.82) is 0 Å². The molecule has 116 valence electrons. The summed E-state index contributed by atoms with van der Waals surface area (Å²) in [6, 6.07) is 22.1. The second kappa shape index (κ2) is 5.37. The lowest BCUT2D eigenvalue weighted by molar-refractivity contribution is 0.259. The van der Waals surface area contributed by atoms with Gasteiger partial charge in [0.15, 0.2) is 0 Å². The van der Waals surface area contributed by atoms with Crippen LogP contribution >= 0.6 is 0 Å². The average Bonchev–Trinajstić information content (AvgIpc) is 3.30. The Balaban J connectivity index is 1.61. The zero-order chi connectivity index (χ0) is 15.2. The highest BCUT2D eigenvalue weighted by Crippen LogP contribution is 2.61. The Morgan fingerprint density at radius 1 is 0.652 bits per heavy atom. The van der Waals surface area contributed by atoms with Gasteiger partial charge in [-0.2, -0.15) is 0 Å². The van der Waals surface area contributed by atoms with Crippen LogP contribution in [0.1, 0.15) is 43.2 Å². The van der Waals surface area contributed by atoms with E-state index in [2.05, 4.69) is 60.7 Å². The van der Waals surface area contributed by atoms with Gasteiger partial charge in [0.25, 0.3) is 0 Å². The topological polar surface area (TPSA) is 0 Å². The molecule has 0 aromatic heterocycles. The molecule has 0 radical (unpaired) electrons. The van der Waals surface area contributed by atoms with Crippen LogP contribution in [-0.2, 0) is 0 Å². The minimum atomic E-state index is 0.992. The van der Waals surface area contributed by atoms with Crippen molar-refractivity contribution in [3.05, 3.63) is 77.4 Å². The molecule has 3 fully saturated rings. The van der Waals surface area contributed by atoms with Gasteiger partial charge in [0, 0.05) is 0 Å². The molecule has 3 saturated carbocycles. The third-order valence-corrected chi connectivity index (χ3v) is 6.72. The quantitative estimate of drug-likeness (QED) is 0.643. The van der Waals surface area contributed by atoms with Crippen LogP contribution in [0.25, 0.3) is 5.57 Å². The Labute approximate surface area is 139 Å². The average molecular weight is 300 g/mol. The standard InChI is InChI=1S/C23H24/c1-3-7-16(8-4-1)23(17-9-5-2-6-10-17)20-14-21-18-11-12-19(13-18)22(21)15-20/h1-10,18-19,21-22H,11-15H2. The van der Waals surface area contributed by atoms with Crippen molar-refractivity contribution in [2.45, 2.75) is 32.1 Å². The van der Waals surface area contributed by atoms with Crippen molar-refractivity contribution < 1.29 is 0 Å². The fraction of sp³-hybridized carbons (Fsp3) is 0.391. The highest BCUT2D eigenvalue weighted by atomic mass is 14.6. The second-order valence-corrected chi connectivity index (χ2v) is 7.78. The molecule has 0 aliphatic heterocycles. The molecule has 0 spiro atoms. The fourth-order valence-corrected chi connectivity index (χ4v) is 5.81. The van der Waals surface area contributed by atoms with E-state index in [0.29, 0.717) is 0 Å². The number of hydrogen-bond acceptors (Lipinski definition) is 0. The summed E-state index contributed by atoms with van der Waals surface area (Å²) in [5, 5.41) is 0. The van der Waals surface area contributed by atoms with Crippen LogP contribution in [0.5, 0.6) is 0 Å². The number of rotatable bonds is 2. The minimum Gasteiger partial charge on any atom is -0.0622 e. The van der Waals surface area contributed by atoms with Crippen LogP contribution in [0.2, 0.25) is 0 Å². The van der Waals surface area contributed by atoms with Gasteiger partial charge in [-0.15, -0.1) is 0 Å². The van der Waals surface area contributed by atoms with Crippen LogP contribution in [-0.4, -0.2) is 0 Å². The molecule has 0 N–H and O–H groups in total. The fourth-order valence-electron chi connectivity index (χ4n) is 5.81. The predicted octanol–water partition coefficient (Wildman–Crippen LogP) is 5.94. The molecule has 0 heterocycles. The summed E-state index contributed by atoms with van der Waals surface area (Å²) >= 11 is 0. The summed E-state index contributed by atoms with van der Waals surface area (Å²) in [4.78, 5) is 0. The lowest BCUT2D eigenvalue weighted by atomic mass is 9.82. The van der Waals surface area contributed by atoms with Gasteiger partial charge in [0.1, 0.15) is 0 Å². The summed E-state index contributed by atoms with van der Waals surface area (Å²) in [7, 11) is 0. The first kappa shape index (κ1) is 13.6. The maximum absolute atomic E-state index is 2.29. The highest BCUT2D eigenvalue weighted by Gasteiger charge is 2.50. The molecule has 2 bridgehead atoms. The lowest BCUT2D eigenvalue weighted by Gasteiger charge is -2.23. The molecule has 0 amide bonds. The van der Waals surface area contributed by atoms with Gasteiger partial charge in [-0.05, 0) is 72.5 Å². The van der Waals surface area contributed by atoms with E-state index < -0.39 is 0 Å². The number of allylic oxidation sites excluding steroid dienone is 1. The predicted molar refractivity (Wildman–Crippen MR) is 96.0 cm³/mol. The largest absolute Gasteiger partial charge is 0.0622 e. The SMILES string of the molecule is c1ccc(C(=C2CC3C4CCC(C4)C3C2)c2ccccc2)cc1. The molecule has 0 nitrogen and oxygen atoms in total. The normalized spacial score (nSPS) is 31.4. The molecule has 3 aliphatic rings. The van der Waals surface area contributed by atoms with Gasteiger partial charge in [-0.25, -0.2) is 0 Å². The zero-order valence-corrected chi connectivity index (χ0v) is 13.6. The molecular weight excluding hydrogens is 276 g/mol. The first-order chi connectivity index (χ1) is 11.4. The van der Waals surface area contributed by atoms with Crippen LogP contribution in [0.3, 0.4) is 0 Å². The molecule has 4 unspecified atom stereocenters. The monoisotopic (exact) mass is 300 g/mol. The first-order valence-electron chi connectivity index (χ1n) is 9.23. The van der Waals surface area contributed by atoms with Crippen LogP contribution in [0, 0.1) is 23.7 Å². The zero-order valence-electron chi connectivity index (χ0n) is 13.6. The number of benzene rings is 2. The molecule has 5 rings (SSSR count). The summed E-state index contributed by atoms with van der Waals surface area (Å²) in [6.07, 6.45) is 7.25. The number of fused-ring (bicyclic) bond motifs is 5. The van der Waals surface area contributed by atoms with Crippen molar-refractivity contribution in [3.63, 3.8) is 0 Å². The van der Waals surface area contributed by atoms with E-state index in [4.69, 9.17) is 0 Å². The summed E-state index contributed by atoms with van der Waals surface area (Å²) in [5.41, 5.74) is 6.07. The molecule has 3 aliphatic carbocycles. The van der Waals surface area contributed by atoms with Crippen LogP contribution in [0.15, 0.2) is 66.2 Å². The Kier molecular flexibility index (Phi) is 3.18. The van der Waals surface area contributed by atoms with E-state index in [1.165, 1.54) is 48.8 Å². The van der Waals surface area contributed by atoms with E-state index in [0.717, 1.165) is 23.7 Å². The molecule has 0 heteroatoms. The summed E-state index contributed by atoms with van der Waals surface area (Å²) in [5.74, 6) is 4.06. The minimum absolute atomic E-state index is 0.992. The van der Waals surface area contributed by atoms with E-state index in [1.807, 2.05) is 0 Å². The molecule has 2 aromatic rings. The van der Waals surface area contributed by atoms with Crippen molar-refractivity contribution >= 4 is 5.57 Å². The number of hydrogen-bond donors (Lipinski definition) is 0. The van der Waals surface area contributed by atoms with Crippen molar-refractivity contribution in [3.8, 4) is 0 Å². The molecule has 4 atom stereocenters. The van der Waals surface area contributed by atoms with E-state index in [1.54, 1.807) is 5.57 Å². The molecular formula is C23H24. The van der Waals surface area contributed by atoms with Crippen LogP contribution < -0.4 is 0 Å². The highest BCUT2D eigenvalue weighted by molar-refractivity contribution is 5.82. The lowest BCUT2D eigenvalue weighted by Crippen LogP contribution is -2.15. The maximum atomic E-state index is 2.29.